The molecule has 0 saturated carbocycles. The van der Waals surface area contributed by atoms with Gasteiger partial charge in [0.05, 0.1) is 22.3 Å². The van der Waals surface area contributed by atoms with E-state index in [9.17, 15) is 9.65 Å². The number of nitriles is 1. The second kappa shape index (κ2) is 4.51. The minimum atomic E-state index is -0.395. The third kappa shape index (κ3) is 1.87. The highest BCUT2D eigenvalue weighted by molar-refractivity contribution is 6.30. The van der Waals surface area contributed by atoms with Crippen LogP contribution >= 0.6 is 11.6 Å². The molecule has 2 aromatic carbocycles. The fourth-order valence-electron chi connectivity index (χ4n) is 2.11. The molecular formula is C14H8ClFN4. The molecule has 0 saturated heterocycles. The van der Waals surface area contributed by atoms with E-state index in [0.29, 0.717) is 27.3 Å². The molecule has 4 nitrogen and oxygen atoms in total. The molecule has 1 heterocycles. The van der Waals surface area contributed by atoms with Gasteiger partial charge in [-0.3, -0.25) is 4.57 Å². The summed E-state index contributed by atoms with van der Waals surface area (Å²) in [4.78, 5) is 4.10. The van der Waals surface area contributed by atoms with E-state index in [4.69, 9.17) is 17.3 Å². The molecule has 0 amide bonds. The van der Waals surface area contributed by atoms with Crippen LogP contribution in [-0.2, 0) is 0 Å². The van der Waals surface area contributed by atoms with E-state index in [1.807, 2.05) is 0 Å². The topological polar surface area (TPSA) is 67.6 Å². The number of nitrogen functional groups attached to an aromatic ring is 1. The Kier molecular flexibility index (Phi) is 2.81. The average Bonchev–Trinajstić information content (AvgIpc) is 2.73. The van der Waals surface area contributed by atoms with Crippen LogP contribution < -0.4 is 5.73 Å². The molecule has 6 heteroatoms. The molecule has 1 aromatic heterocycles. The van der Waals surface area contributed by atoms with Crippen molar-refractivity contribution in [3.05, 3.63) is 52.8 Å². The molecule has 0 bridgehead atoms. The fraction of sp³-hybridized carbons (Fsp3) is 0. The molecule has 3 rings (SSSR count). The molecule has 0 radical (unpaired) electrons. The number of anilines is 1. The van der Waals surface area contributed by atoms with Gasteiger partial charge in [-0.1, -0.05) is 11.6 Å². The molecule has 3 aromatic rings. The Balaban J connectivity index is 2.38. The highest BCUT2D eigenvalue weighted by Gasteiger charge is 2.14. The van der Waals surface area contributed by atoms with Gasteiger partial charge in [-0.05, 0) is 30.3 Å². The van der Waals surface area contributed by atoms with Crippen molar-refractivity contribution in [1.82, 2.24) is 9.55 Å². The minimum absolute atomic E-state index is 0.171. The van der Waals surface area contributed by atoms with Crippen molar-refractivity contribution < 1.29 is 4.39 Å². The Labute approximate surface area is 118 Å². The van der Waals surface area contributed by atoms with Crippen molar-refractivity contribution in [1.29, 1.82) is 5.26 Å². The fourth-order valence-corrected chi connectivity index (χ4v) is 2.28. The number of benzene rings is 2. The summed E-state index contributed by atoms with van der Waals surface area (Å²) in [6, 6.07) is 11.1. The number of aromatic nitrogens is 2. The molecule has 0 unspecified atom stereocenters. The van der Waals surface area contributed by atoms with Crippen molar-refractivity contribution >= 4 is 28.6 Å². The van der Waals surface area contributed by atoms with Crippen molar-refractivity contribution in [3.8, 4) is 11.8 Å². The van der Waals surface area contributed by atoms with Gasteiger partial charge in [-0.25, -0.2) is 9.37 Å². The maximum Gasteiger partial charge on any atom is 0.205 e. The number of nitrogens with zero attached hydrogens (tertiary/aromatic N) is 3. The third-order valence-corrected chi connectivity index (χ3v) is 3.20. The van der Waals surface area contributed by atoms with Crippen LogP contribution in [0.15, 0.2) is 36.4 Å². The Bertz CT molecular complexity index is 863. The normalized spacial score (nSPS) is 10.7. The van der Waals surface area contributed by atoms with Crippen LogP contribution in [0.3, 0.4) is 0 Å². The largest absolute Gasteiger partial charge is 0.369 e. The number of hydrogen-bond donors (Lipinski definition) is 1. The molecule has 98 valence electrons. The molecule has 2 N–H and O–H groups in total. The number of imidazole rings is 1. The first-order valence-electron chi connectivity index (χ1n) is 5.73. The van der Waals surface area contributed by atoms with Crippen molar-refractivity contribution in [2.24, 2.45) is 0 Å². The Morgan fingerprint density at radius 3 is 2.80 bits per heavy atom. The van der Waals surface area contributed by atoms with Crippen molar-refractivity contribution in [3.63, 3.8) is 0 Å². The second-order valence-electron chi connectivity index (χ2n) is 4.21. The minimum Gasteiger partial charge on any atom is -0.369 e. The summed E-state index contributed by atoms with van der Waals surface area (Å²) in [6.45, 7) is 0. The lowest BCUT2D eigenvalue weighted by Gasteiger charge is -2.09. The summed E-state index contributed by atoms with van der Waals surface area (Å²) >= 11 is 5.98. The lowest BCUT2D eigenvalue weighted by Crippen LogP contribution is -2.02. The van der Waals surface area contributed by atoms with Crippen LogP contribution in [0.5, 0.6) is 0 Å². The molecule has 20 heavy (non-hydrogen) atoms. The smallest absolute Gasteiger partial charge is 0.205 e. The quantitative estimate of drug-likeness (QED) is 0.746. The monoisotopic (exact) mass is 286 g/mol. The van der Waals surface area contributed by atoms with Crippen LogP contribution in [0.4, 0.5) is 10.3 Å². The van der Waals surface area contributed by atoms with Gasteiger partial charge in [0.2, 0.25) is 5.95 Å². The first-order valence-corrected chi connectivity index (χ1v) is 6.11. The predicted octanol–water partition coefficient (Wildman–Crippen LogP) is 3.27. The first kappa shape index (κ1) is 12.5. The van der Waals surface area contributed by atoms with Gasteiger partial charge in [-0.15, -0.1) is 0 Å². The lowest BCUT2D eigenvalue weighted by molar-refractivity contribution is 0.629. The van der Waals surface area contributed by atoms with Crippen LogP contribution in [0.25, 0.3) is 16.7 Å². The SMILES string of the molecule is N#Cc1ccc(Cl)cc1-n1c(N)nc2cc(F)ccc21. The standard InChI is InChI=1S/C14H8ClFN4/c15-9-2-1-8(7-17)13(5-9)20-12-4-3-10(16)6-11(12)19-14(20)18/h1-6H,(H2,18,19). The molecule has 0 aliphatic carbocycles. The number of fused-ring (bicyclic) bond motifs is 1. The van der Waals surface area contributed by atoms with Crippen LogP contribution in [0.2, 0.25) is 5.02 Å². The van der Waals surface area contributed by atoms with Crippen molar-refractivity contribution in [2.45, 2.75) is 0 Å². The zero-order valence-corrected chi connectivity index (χ0v) is 10.9. The van der Waals surface area contributed by atoms with E-state index in [0.717, 1.165) is 0 Å². The third-order valence-electron chi connectivity index (χ3n) is 2.96. The Hall–Kier alpha value is -2.58. The number of nitrogens with two attached hydrogens (primary N) is 1. The highest BCUT2D eigenvalue weighted by atomic mass is 35.5. The average molecular weight is 287 g/mol. The summed E-state index contributed by atoms with van der Waals surface area (Å²) < 4.78 is 14.8. The summed E-state index contributed by atoms with van der Waals surface area (Å²) in [5.41, 5.74) is 7.85. The molecule has 0 atom stereocenters. The Morgan fingerprint density at radius 1 is 1.25 bits per heavy atom. The second-order valence-corrected chi connectivity index (χ2v) is 4.65. The summed E-state index contributed by atoms with van der Waals surface area (Å²) in [6.07, 6.45) is 0. The van der Waals surface area contributed by atoms with E-state index < -0.39 is 5.82 Å². The number of halogens is 2. The maximum atomic E-state index is 13.2. The van der Waals surface area contributed by atoms with E-state index >= 15 is 0 Å². The van der Waals surface area contributed by atoms with Crippen molar-refractivity contribution in [2.75, 3.05) is 5.73 Å². The number of hydrogen-bond acceptors (Lipinski definition) is 3. The maximum absolute atomic E-state index is 13.2. The molecule has 0 spiro atoms. The molecular weight excluding hydrogens is 279 g/mol. The Morgan fingerprint density at radius 2 is 2.05 bits per heavy atom. The van der Waals surface area contributed by atoms with Gasteiger partial charge in [0.1, 0.15) is 11.9 Å². The van der Waals surface area contributed by atoms with E-state index in [-0.39, 0.29) is 5.95 Å². The molecule has 0 aliphatic rings. The molecule has 0 fully saturated rings. The van der Waals surface area contributed by atoms with Gasteiger partial charge in [-0.2, -0.15) is 5.26 Å². The molecule has 0 aliphatic heterocycles. The van der Waals surface area contributed by atoms with Gasteiger partial charge < -0.3 is 5.73 Å². The first-order chi connectivity index (χ1) is 9.60. The predicted molar refractivity (Wildman–Crippen MR) is 75.2 cm³/mol. The lowest BCUT2D eigenvalue weighted by atomic mass is 10.2. The van der Waals surface area contributed by atoms with E-state index in [1.54, 1.807) is 28.8 Å². The zero-order valence-electron chi connectivity index (χ0n) is 10.1. The number of rotatable bonds is 1. The van der Waals surface area contributed by atoms with Crippen LogP contribution in [0, 0.1) is 17.1 Å². The van der Waals surface area contributed by atoms with Crippen LogP contribution in [-0.4, -0.2) is 9.55 Å². The van der Waals surface area contributed by atoms with Gasteiger partial charge >= 0.3 is 0 Å². The summed E-state index contributed by atoms with van der Waals surface area (Å²) in [5.74, 6) is -0.224. The van der Waals surface area contributed by atoms with E-state index in [2.05, 4.69) is 11.1 Å². The zero-order chi connectivity index (χ0) is 14.3. The van der Waals surface area contributed by atoms with Crippen LogP contribution in [0.1, 0.15) is 5.56 Å². The summed E-state index contributed by atoms with van der Waals surface area (Å²) in [5, 5.41) is 9.66. The van der Waals surface area contributed by atoms with Gasteiger partial charge in [0.25, 0.3) is 0 Å². The highest BCUT2D eigenvalue weighted by Crippen LogP contribution is 2.27. The van der Waals surface area contributed by atoms with Gasteiger partial charge in [0.15, 0.2) is 0 Å². The summed E-state index contributed by atoms with van der Waals surface area (Å²) in [7, 11) is 0. The van der Waals surface area contributed by atoms with Gasteiger partial charge in [0, 0.05) is 11.1 Å². The van der Waals surface area contributed by atoms with E-state index in [1.165, 1.54) is 12.1 Å².